The average Bonchev–Trinajstić information content (AvgIpc) is 3.29. The Morgan fingerprint density at radius 1 is 1.43 bits per heavy atom. The summed E-state index contributed by atoms with van der Waals surface area (Å²) in [5.74, 6) is -0.250. The quantitative estimate of drug-likeness (QED) is 0.545. The fourth-order valence-electron chi connectivity index (χ4n) is 2.34. The molecule has 7 nitrogen and oxygen atoms in total. The third kappa shape index (κ3) is 4.35. The second-order valence-electron chi connectivity index (χ2n) is 5.57. The average molecular weight is 488 g/mol. The predicted molar refractivity (Wildman–Crippen MR) is 102 cm³/mol. The molecule has 0 aliphatic heterocycles. The minimum atomic E-state index is -3.32. The lowest BCUT2D eigenvalue weighted by molar-refractivity contribution is 0.0936. The van der Waals surface area contributed by atoms with E-state index in [0.717, 1.165) is 23.5 Å². The maximum absolute atomic E-state index is 13.5. The van der Waals surface area contributed by atoms with Gasteiger partial charge in [0.2, 0.25) is 5.13 Å². The van der Waals surface area contributed by atoms with Crippen molar-refractivity contribution < 1.29 is 13.6 Å². The molecule has 0 aliphatic carbocycles. The number of amides is 1. The highest BCUT2D eigenvalue weighted by Gasteiger charge is 2.29. The zero-order valence-corrected chi connectivity index (χ0v) is 17.2. The van der Waals surface area contributed by atoms with E-state index in [1.807, 2.05) is 6.07 Å². The molecule has 1 N–H and O–H groups in total. The van der Waals surface area contributed by atoms with Crippen LogP contribution in [0.15, 0.2) is 30.7 Å². The van der Waals surface area contributed by atoms with Crippen LogP contribution >= 0.6 is 38.9 Å². The number of alkyl halides is 3. The molecule has 0 aliphatic rings. The fraction of sp³-hybridized carbons (Fsp3) is 0.188. The number of nitrogens with zero attached hydrogens (tertiary/aromatic N) is 5. The number of rotatable bonds is 5. The predicted octanol–water partition coefficient (Wildman–Crippen LogP) is 4.18. The summed E-state index contributed by atoms with van der Waals surface area (Å²) in [7, 11) is 0. The van der Waals surface area contributed by atoms with Crippen LogP contribution in [0, 0.1) is 11.3 Å². The van der Waals surface area contributed by atoms with Gasteiger partial charge in [-0.3, -0.25) is 4.79 Å². The number of halogens is 4. The van der Waals surface area contributed by atoms with E-state index in [0.29, 0.717) is 15.8 Å². The molecule has 0 saturated heterocycles. The second kappa shape index (κ2) is 7.90. The van der Waals surface area contributed by atoms with Gasteiger partial charge >= 0.3 is 4.83 Å². The monoisotopic (exact) mass is 486 g/mol. The largest absolute Gasteiger partial charge is 0.342 e. The van der Waals surface area contributed by atoms with Gasteiger partial charge in [0, 0.05) is 16.1 Å². The molecule has 3 aromatic rings. The maximum Gasteiger partial charge on any atom is 0.326 e. The Morgan fingerprint density at radius 2 is 2.18 bits per heavy atom. The molecular formula is C16H10BrClF2N6OS. The fourth-order valence-corrected chi connectivity index (χ4v) is 3.48. The number of carbonyl (C=O) groups is 1. The number of carbonyl (C=O) groups excluding carboxylic acids is 1. The Morgan fingerprint density at radius 3 is 2.82 bits per heavy atom. The molecule has 0 saturated carbocycles. The van der Waals surface area contributed by atoms with E-state index in [2.05, 4.69) is 36.3 Å². The van der Waals surface area contributed by atoms with E-state index in [9.17, 15) is 13.6 Å². The van der Waals surface area contributed by atoms with Crippen LogP contribution in [0.3, 0.4) is 0 Å². The van der Waals surface area contributed by atoms with E-state index in [4.69, 9.17) is 16.9 Å². The zero-order chi connectivity index (χ0) is 20.5. The molecular weight excluding hydrogens is 478 g/mol. The number of nitriles is 1. The van der Waals surface area contributed by atoms with Crippen LogP contribution in [-0.2, 0) is 4.83 Å². The highest BCUT2D eigenvalue weighted by Crippen LogP contribution is 2.36. The first-order chi connectivity index (χ1) is 13.2. The van der Waals surface area contributed by atoms with E-state index in [1.54, 1.807) is 6.92 Å². The zero-order valence-electron chi connectivity index (χ0n) is 14.0. The van der Waals surface area contributed by atoms with Crippen molar-refractivity contribution in [3.05, 3.63) is 57.6 Å². The van der Waals surface area contributed by atoms with Crippen molar-refractivity contribution in [1.29, 1.82) is 5.26 Å². The molecule has 1 amide bonds. The van der Waals surface area contributed by atoms with Gasteiger partial charge in [-0.05, 0) is 41.1 Å². The standard InChI is InChI=1S/C16H10BrClF2N6OS/c1-8(13-23-7-24-26(13)15-22-6-12(5-21)28-15)25-14(27)9-2-10(16(17,19)20)4-11(18)3-9/h2-4,6-8H,1H3,(H,25,27)/t8-/m0/s1. The summed E-state index contributed by atoms with van der Waals surface area (Å²) in [6, 6.07) is 4.76. The Labute approximate surface area is 175 Å². The highest BCUT2D eigenvalue weighted by molar-refractivity contribution is 9.09. The van der Waals surface area contributed by atoms with Gasteiger partial charge in [0.05, 0.1) is 12.2 Å². The van der Waals surface area contributed by atoms with Crippen LogP contribution in [0.25, 0.3) is 5.13 Å². The number of hydrogen-bond donors (Lipinski definition) is 1. The van der Waals surface area contributed by atoms with Gasteiger partial charge < -0.3 is 5.32 Å². The molecule has 0 spiro atoms. The van der Waals surface area contributed by atoms with Gasteiger partial charge in [0.15, 0.2) is 5.82 Å². The molecule has 144 valence electrons. The number of nitrogens with one attached hydrogen (secondary N) is 1. The summed E-state index contributed by atoms with van der Waals surface area (Å²) in [5, 5.41) is 16.1. The normalized spacial score (nSPS) is 12.4. The molecule has 0 unspecified atom stereocenters. The lowest BCUT2D eigenvalue weighted by Gasteiger charge is -2.15. The van der Waals surface area contributed by atoms with Gasteiger partial charge in [-0.15, -0.1) is 0 Å². The van der Waals surface area contributed by atoms with Crippen molar-refractivity contribution in [3.63, 3.8) is 0 Å². The van der Waals surface area contributed by atoms with Crippen LogP contribution in [0.1, 0.15) is 39.6 Å². The Balaban J connectivity index is 1.84. The molecule has 1 aromatic carbocycles. The molecule has 0 radical (unpaired) electrons. The smallest absolute Gasteiger partial charge is 0.326 e. The molecule has 0 fully saturated rings. The molecule has 3 rings (SSSR count). The Hall–Kier alpha value is -2.42. The Kier molecular flexibility index (Phi) is 5.74. The van der Waals surface area contributed by atoms with Crippen LogP contribution < -0.4 is 5.32 Å². The minimum absolute atomic E-state index is 0.00409. The Bertz CT molecular complexity index is 1070. The van der Waals surface area contributed by atoms with Crippen molar-refractivity contribution >= 4 is 44.8 Å². The topological polar surface area (TPSA) is 96.5 Å². The van der Waals surface area contributed by atoms with Crippen molar-refractivity contribution in [3.8, 4) is 11.2 Å². The van der Waals surface area contributed by atoms with Crippen molar-refractivity contribution in [1.82, 2.24) is 25.1 Å². The lowest BCUT2D eigenvalue weighted by Crippen LogP contribution is -2.29. The van der Waals surface area contributed by atoms with Gasteiger partial charge in [-0.2, -0.15) is 23.8 Å². The van der Waals surface area contributed by atoms with Crippen LogP contribution in [0.4, 0.5) is 8.78 Å². The summed E-state index contributed by atoms with van der Waals surface area (Å²) in [6.07, 6.45) is 2.69. The van der Waals surface area contributed by atoms with E-state index < -0.39 is 22.3 Å². The summed E-state index contributed by atoms with van der Waals surface area (Å²) >= 11 is 9.23. The molecule has 2 heterocycles. The molecule has 12 heteroatoms. The van der Waals surface area contributed by atoms with E-state index in [1.165, 1.54) is 23.3 Å². The summed E-state index contributed by atoms with van der Waals surface area (Å²) in [5.41, 5.74) is -0.464. The highest BCUT2D eigenvalue weighted by atomic mass is 79.9. The number of aromatic nitrogens is 4. The number of thiazole rings is 1. The third-order valence-corrected chi connectivity index (χ3v) is 5.13. The summed E-state index contributed by atoms with van der Waals surface area (Å²) < 4.78 is 28.4. The molecule has 0 bridgehead atoms. The van der Waals surface area contributed by atoms with Gasteiger partial charge in [0.25, 0.3) is 5.91 Å². The van der Waals surface area contributed by atoms with Gasteiger partial charge in [0.1, 0.15) is 17.3 Å². The van der Waals surface area contributed by atoms with Gasteiger partial charge in [-0.25, -0.2) is 9.97 Å². The lowest BCUT2D eigenvalue weighted by atomic mass is 10.1. The minimum Gasteiger partial charge on any atom is -0.342 e. The number of benzene rings is 1. The van der Waals surface area contributed by atoms with Gasteiger partial charge in [-0.1, -0.05) is 22.9 Å². The second-order valence-corrected chi connectivity index (χ2v) is 8.01. The van der Waals surface area contributed by atoms with E-state index >= 15 is 0 Å². The van der Waals surface area contributed by atoms with Crippen LogP contribution in [-0.4, -0.2) is 25.7 Å². The SMILES string of the molecule is C[C@H](NC(=O)c1cc(Cl)cc(C(F)(F)Br)c1)c1ncnn1-c1ncc(C#N)s1. The van der Waals surface area contributed by atoms with Crippen molar-refractivity contribution in [2.75, 3.05) is 0 Å². The van der Waals surface area contributed by atoms with Crippen molar-refractivity contribution in [2.45, 2.75) is 17.8 Å². The molecule has 28 heavy (non-hydrogen) atoms. The van der Waals surface area contributed by atoms with Crippen molar-refractivity contribution in [2.24, 2.45) is 0 Å². The molecule has 2 aromatic heterocycles. The molecule has 1 atom stereocenters. The first-order valence-corrected chi connectivity index (χ1v) is 9.62. The third-order valence-electron chi connectivity index (χ3n) is 3.58. The summed E-state index contributed by atoms with van der Waals surface area (Å²) in [6.45, 7) is 1.65. The van der Waals surface area contributed by atoms with Crippen LogP contribution in [0.2, 0.25) is 5.02 Å². The summed E-state index contributed by atoms with van der Waals surface area (Å²) in [4.78, 5) is 17.8. The number of hydrogen-bond acceptors (Lipinski definition) is 6. The maximum atomic E-state index is 13.5. The van der Waals surface area contributed by atoms with Crippen LogP contribution in [0.5, 0.6) is 0 Å². The first kappa shape index (κ1) is 20.3. The first-order valence-electron chi connectivity index (χ1n) is 7.64. The van der Waals surface area contributed by atoms with E-state index in [-0.39, 0.29) is 10.6 Å².